The third-order valence-electron chi connectivity index (χ3n) is 1.85. The van der Waals surface area contributed by atoms with Crippen molar-refractivity contribution in [2.24, 2.45) is 0 Å². The van der Waals surface area contributed by atoms with E-state index in [1.807, 2.05) is 0 Å². The van der Waals surface area contributed by atoms with Crippen molar-refractivity contribution in [2.75, 3.05) is 0 Å². The first kappa shape index (κ1) is 10.7. The average Bonchev–Trinajstić information content (AvgIpc) is 1.96. The quantitative estimate of drug-likeness (QED) is 0.765. The summed E-state index contributed by atoms with van der Waals surface area (Å²) in [4.78, 5) is 0. The summed E-state index contributed by atoms with van der Waals surface area (Å²) in [6.45, 7) is 3.21. The molecule has 78 valence electrons. The molecule has 0 aliphatic carbocycles. The summed E-state index contributed by atoms with van der Waals surface area (Å²) >= 11 is 0. The van der Waals surface area contributed by atoms with Crippen LogP contribution in [-0.4, -0.2) is 11.5 Å². The van der Waals surface area contributed by atoms with Crippen molar-refractivity contribution < 1.29 is 23.0 Å². The van der Waals surface area contributed by atoms with E-state index in [4.69, 9.17) is 0 Å². The number of hydrogen-bond donors (Lipinski definition) is 1. The first-order valence-corrected chi connectivity index (χ1v) is 3.85. The Bertz CT molecular complexity index is 321. The van der Waals surface area contributed by atoms with Gasteiger partial charge in [-0.3, -0.25) is 0 Å². The Morgan fingerprint density at radius 1 is 1.21 bits per heavy atom. The molecule has 1 N–H and O–H groups in total. The van der Waals surface area contributed by atoms with Gasteiger partial charge in [0.15, 0.2) is 0 Å². The van der Waals surface area contributed by atoms with Crippen molar-refractivity contribution in [3.05, 3.63) is 23.3 Å². The third-order valence-corrected chi connectivity index (χ3v) is 1.85. The Labute approximate surface area is 78.9 Å². The molecule has 2 nitrogen and oxygen atoms in total. The van der Waals surface area contributed by atoms with E-state index in [-0.39, 0.29) is 5.75 Å². The predicted molar refractivity (Wildman–Crippen MR) is 44.3 cm³/mol. The zero-order valence-corrected chi connectivity index (χ0v) is 7.64. The lowest BCUT2D eigenvalue weighted by molar-refractivity contribution is -0.274. The number of aryl methyl sites for hydroxylation is 1. The van der Waals surface area contributed by atoms with Gasteiger partial charge in [0.25, 0.3) is 0 Å². The molecule has 0 aromatic heterocycles. The maximum absolute atomic E-state index is 11.8. The molecule has 0 amide bonds. The van der Waals surface area contributed by atoms with Crippen LogP contribution in [0.25, 0.3) is 0 Å². The highest BCUT2D eigenvalue weighted by molar-refractivity contribution is 5.44. The fourth-order valence-corrected chi connectivity index (χ4v) is 1.00. The highest BCUT2D eigenvalue weighted by Crippen LogP contribution is 2.30. The Morgan fingerprint density at radius 3 is 2.21 bits per heavy atom. The molecule has 0 atom stereocenters. The lowest BCUT2D eigenvalue weighted by Crippen LogP contribution is -2.17. The second-order valence-corrected chi connectivity index (χ2v) is 2.93. The minimum atomic E-state index is -4.73. The molecule has 1 aromatic rings. The van der Waals surface area contributed by atoms with Gasteiger partial charge in [-0.05, 0) is 31.0 Å². The van der Waals surface area contributed by atoms with Gasteiger partial charge in [-0.2, -0.15) is 0 Å². The van der Waals surface area contributed by atoms with Crippen LogP contribution in [0.3, 0.4) is 0 Å². The first-order valence-electron chi connectivity index (χ1n) is 3.85. The topological polar surface area (TPSA) is 29.5 Å². The number of ether oxygens (including phenoxy) is 1. The van der Waals surface area contributed by atoms with Gasteiger partial charge in [0, 0.05) is 6.07 Å². The number of hydrogen-bond acceptors (Lipinski definition) is 2. The molecule has 0 heterocycles. The van der Waals surface area contributed by atoms with Gasteiger partial charge in [-0.15, -0.1) is 13.2 Å². The molecule has 0 saturated heterocycles. The van der Waals surface area contributed by atoms with E-state index in [0.29, 0.717) is 11.1 Å². The highest BCUT2D eigenvalue weighted by atomic mass is 19.4. The van der Waals surface area contributed by atoms with E-state index in [9.17, 15) is 18.3 Å². The number of rotatable bonds is 1. The average molecular weight is 206 g/mol. The van der Waals surface area contributed by atoms with Gasteiger partial charge in [0.05, 0.1) is 0 Å². The molecule has 14 heavy (non-hydrogen) atoms. The zero-order valence-electron chi connectivity index (χ0n) is 7.64. The lowest BCUT2D eigenvalue weighted by atomic mass is 10.1. The fourth-order valence-electron chi connectivity index (χ4n) is 1.00. The SMILES string of the molecule is Cc1cc(OC(F)(F)F)cc(O)c1C. The molecule has 0 unspecified atom stereocenters. The van der Waals surface area contributed by atoms with Gasteiger partial charge >= 0.3 is 6.36 Å². The molecule has 0 saturated carbocycles. The van der Waals surface area contributed by atoms with Crippen molar-refractivity contribution in [1.29, 1.82) is 0 Å². The molecule has 0 radical (unpaired) electrons. The van der Waals surface area contributed by atoms with Crippen LogP contribution >= 0.6 is 0 Å². The number of phenols is 1. The minimum Gasteiger partial charge on any atom is -0.508 e. The Hall–Kier alpha value is -1.39. The van der Waals surface area contributed by atoms with Crippen LogP contribution < -0.4 is 4.74 Å². The summed E-state index contributed by atoms with van der Waals surface area (Å²) in [6, 6.07) is 2.17. The van der Waals surface area contributed by atoms with E-state index in [0.717, 1.165) is 6.07 Å². The van der Waals surface area contributed by atoms with E-state index >= 15 is 0 Å². The predicted octanol–water partition coefficient (Wildman–Crippen LogP) is 2.91. The molecular weight excluding hydrogens is 197 g/mol. The minimum absolute atomic E-state index is 0.204. The number of aromatic hydroxyl groups is 1. The fraction of sp³-hybridized carbons (Fsp3) is 0.333. The third kappa shape index (κ3) is 2.55. The highest BCUT2D eigenvalue weighted by Gasteiger charge is 2.31. The number of phenolic OH excluding ortho intramolecular Hbond substituents is 1. The maximum Gasteiger partial charge on any atom is 0.573 e. The second-order valence-electron chi connectivity index (χ2n) is 2.93. The molecule has 1 rings (SSSR count). The van der Waals surface area contributed by atoms with Gasteiger partial charge in [-0.1, -0.05) is 0 Å². The van der Waals surface area contributed by atoms with Gasteiger partial charge in [0.2, 0.25) is 0 Å². The van der Waals surface area contributed by atoms with E-state index < -0.39 is 12.1 Å². The molecule has 5 heteroatoms. The number of alkyl halides is 3. The number of halogens is 3. The van der Waals surface area contributed by atoms with Crippen LogP contribution in [0.2, 0.25) is 0 Å². The van der Waals surface area contributed by atoms with Crippen molar-refractivity contribution in [1.82, 2.24) is 0 Å². The van der Waals surface area contributed by atoms with Crippen molar-refractivity contribution in [3.8, 4) is 11.5 Å². The molecule has 0 bridgehead atoms. The monoisotopic (exact) mass is 206 g/mol. The summed E-state index contributed by atoms with van der Waals surface area (Å²) in [5.74, 6) is -0.609. The van der Waals surface area contributed by atoms with Crippen LogP contribution in [0.4, 0.5) is 13.2 Å². The largest absolute Gasteiger partial charge is 0.573 e. The number of benzene rings is 1. The van der Waals surface area contributed by atoms with Crippen molar-refractivity contribution >= 4 is 0 Å². The van der Waals surface area contributed by atoms with E-state index in [1.165, 1.54) is 6.07 Å². The van der Waals surface area contributed by atoms with Crippen LogP contribution in [0.1, 0.15) is 11.1 Å². The molecule has 0 aliphatic rings. The van der Waals surface area contributed by atoms with Crippen molar-refractivity contribution in [3.63, 3.8) is 0 Å². The lowest BCUT2D eigenvalue weighted by Gasteiger charge is -2.11. The van der Waals surface area contributed by atoms with Crippen LogP contribution in [0.15, 0.2) is 12.1 Å². The summed E-state index contributed by atoms with van der Waals surface area (Å²) < 4.78 is 39.1. The Morgan fingerprint density at radius 2 is 1.79 bits per heavy atom. The molecule has 0 fully saturated rings. The summed E-state index contributed by atoms with van der Waals surface area (Å²) in [7, 11) is 0. The van der Waals surface area contributed by atoms with Gasteiger partial charge < -0.3 is 9.84 Å². The molecule has 0 spiro atoms. The van der Waals surface area contributed by atoms with Crippen molar-refractivity contribution in [2.45, 2.75) is 20.2 Å². The Kier molecular flexibility index (Phi) is 2.59. The molecular formula is C9H9F3O2. The summed E-state index contributed by atoms with van der Waals surface area (Å²) in [5, 5.41) is 9.23. The van der Waals surface area contributed by atoms with Gasteiger partial charge in [-0.25, -0.2) is 0 Å². The van der Waals surface area contributed by atoms with Crippen LogP contribution in [0, 0.1) is 13.8 Å². The standard InChI is InChI=1S/C9H9F3O2/c1-5-3-7(14-9(10,11)12)4-8(13)6(5)2/h3-4,13H,1-2H3. The second kappa shape index (κ2) is 3.40. The van der Waals surface area contributed by atoms with E-state index in [1.54, 1.807) is 13.8 Å². The van der Waals surface area contributed by atoms with Crippen LogP contribution in [0.5, 0.6) is 11.5 Å². The normalized spacial score (nSPS) is 11.5. The summed E-state index contributed by atoms with van der Waals surface area (Å²) in [6.07, 6.45) is -4.73. The van der Waals surface area contributed by atoms with E-state index in [2.05, 4.69) is 4.74 Å². The smallest absolute Gasteiger partial charge is 0.508 e. The maximum atomic E-state index is 11.8. The van der Waals surface area contributed by atoms with Crippen LogP contribution in [-0.2, 0) is 0 Å². The zero-order chi connectivity index (χ0) is 10.9. The summed E-state index contributed by atoms with van der Waals surface area (Å²) in [5.41, 5.74) is 1.09. The molecule has 0 aliphatic heterocycles. The first-order chi connectivity index (χ1) is 6.29. The Balaban J connectivity index is 3.02. The molecule has 1 aromatic carbocycles. The van der Waals surface area contributed by atoms with Gasteiger partial charge in [0.1, 0.15) is 11.5 Å².